The molecule has 8 aromatic rings. The first-order chi connectivity index (χ1) is 33.7. The molecule has 6 bridgehead atoms. The van der Waals surface area contributed by atoms with Crippen LogP contribution in [0.25, 0.3) is 33.7 Å². The Bertz CT molecular complexity index is 3580. The zero-order valence-electron chi connectivity index (χ0n) is 37.5. The number of fused-ring (bicyclic) bond motifs is 3. The van der Waals surface area contributed by atoms with E-state index in [2.05, 4.69) is 239 Å². The van der Waals surface area contributed by atoms with E-state index in [1.54, 1.807) is 0 Å². The zero-order chi connectivity index (χ0) is 45.6. The largest absolute Gasteiger partial charge is 0.465 e. The zero-order valence-corrected chi connectivity index (χ0v) is 37.5. The van der Waals surface area contributed by atoms with Crippen LogP contribution in [0, 0.1) is 0 Å². The Morgan fingerprint density at radius 3 is 1.51 bits per heavy atom. The molecule has 0 aliphatic carbocycles. The van der Waals surface area contributed by atoms with Crippen molar-refractivity contribution in [2.24, 2.45) is 4.99 Å². The molecular formula is C62H46N4O2. The molecule has 6 heterocycles. The fraction of sp³-hybridized carbons (Fsp3) is 0.0645. The van der Waals surface area contributed by atoms with Gasteiger partial charge in [0.05, 0.1) is 57.5 Å². The Balaban J connectivity index is 1.36. The first-order valence-corrected chi connectivity index (χ1v) is 23.3. The Labute approximate surface area is 395 Å². The standard InChI is InChI=1S/C62H46N4O2/c1-2-68-56(67)41-64-50-35-36-51(64)59(44-25-13-5-14-26-44)53-39-40-55-60(45-27-15-6-16-28-45)54-38-37-52(65(54)61(46-29-17-7-18-30-46)62(66(53)55)47-31-19-8-20-32-47)58(43-23-11-4-12-24-43)49-34-33-48(63-49)57(50)42-21-9-3-10-22-42/h3-40,51H,2,41H2,1H3/b57-50-,58-49?,59-53-. The summed E-state index contributed by atoms with van der Waals surface area (Å²) >= 11 is 0. The van der Waals surface area contributed by atoms with Crippen molar-refractivity contribution in [3.05, 3.63) is 297 Å². The van der Waals surface area contributed by atoms with E-state index in [4.69, 9.17) is 9.73 Å². The second-order valence-electron chi connectivity index (χ2n) is 17.1. The van der Waals surface area contributed by atoms with Crippen molar-refractivity contribution < 1.29 is 9.53 Å². The van der Waals surface area contributed by atoms with Gasteiger partial charge in [0.25, 0.3) is 0 Å². The van der Waals surface area contributed by atoms with E-state index < -0.39 is 6.04 Å². The third-order valence-corrected chi connectivity index (χ3v) is 13.2. The normalized spacial score (nSPS) is 17.9. The molecule has 1 unspecified atom stereocenters. The summed E-state index contributed by atoms with van der Waals surface area (Å²) < 4.78 is 10.8. The van der Waals surface area contributed by atoms with Gasteiger partial charge in [0.1, 0.15) is 6.54 Å². The first kappa shape index (κ1) is 40.7. The lowest BCUT2D eigenvalue weighted by Gasteiger charge is -2.31. The molecule has 0 saturated heterocycles. The summed E-state index contributed by atoms with van der Waals surface area (Å²) in [5, 5.41) is 2.04. The maximum Gasteiger partial charge on any atom is 0.325 e. The number of nitrogens with zero attached hydrogens (tertiary/aromatic N) is 4. The maximum absolute atomic E-state index is 14.1. The van der Waals surface area contributed by atoms with Crippen LogP contribution in [0.1, 0.15) is 51.7 Å². The number of carbonyl (C=O) groups excluding carboxylic acids is 1. The SMILES string of the molecule is CCOC(=O)CN1/C2=C(/c3ccccc3)C3=NC(=C(c4ccccc4)c4ccc5n4C(c4ccccc4)=C(c4ccccc4)n4c(cc/c4=C(\c4ccccc4)C1C=C2)=C5c1ccccc1)C=C3. The maximum atomic E-state index is 14.1. The molecular weight excluding hydrogens is 833 g/mol. The molecule has 1 atom stereocenters. The molecule has 6 aromatic carbocycles. The summed E-state index contributed by atoms with van der Waals surface area (Å²) in [6, 6.07) is 72.8. The van der Waals surface area contributed by atoms with Crippen LogP contribution in [-0.2, 0) is 9.53 Å². The van der Waals surface area contributed by atoms with Gasteiger partial charge in [-0.1, -0.05) is 188 Å². The monoisotopic (exact) mass is 878 g/mol. The molecule has 12 rings (SSSR count). The van der Waals surface area contributed by atoms with Gasteiger partial charge in [-0.25, -0.2) is 4.99 Å². The minimum Gasteiger partial charge on any atom is -0.465 e. The molecule has 4 aliphatic rings. The number of allylic oxidation sites excluding steroid dienone is 4. The highest BCUT2D eigenvalue weighted by molar-refractivity contribution is 6.32. The average molecular weight is 879 g/mol. The van der Waals surface area contributed by atoms with Crippen molar-refractivity contribution in [1.29, 1.82) is 0 Å². The molecule has 2 aromatic heterocycles. The van der Waals surface area contributed by atoms with E-state index in [-0.39, 0.29) is 19.1 Å². The van der Waals surface area contributed by atoms with E-state index in [1.807, 2.05) is 13.0 Å². The second kappa shape index (κ2) is 17.2. The van der Waals surface area contributed by atoms with Crippen LogP contribution in [0.4, 0.5) is 0 Å². The summed E-state index contributed by atoms with van der Waals surface area (Å²) in [4.78, 5) is 22.0. The fourth-order valence-corrected chi connectivity index (χ4v) is 10.5. The van der Waals surface area contributed by atoms with E-state index in [0.717, 1.165) is 106 Å². The first-order valence-electron chi connectivity index (χ1n) is 23.3. The van der Waals surface area contributed by atoms with E-state index in [1.165, 1.54) is 0 Å². The van der Waals surface area contributed by atoms with Crippen molar-refractivity contribution >= 4 is 45.4 Å². The molecule has 0 spiro atoms. The van der Waals surface area contributed by atoms with Gasteiger partial charge in [-0.15, -0.1) is 0 Å². The number of ether oxygens (including phenoxy) is 1. The van der Waals surface area contributed by atoms with Crippen molar-refractivity contribution in [1.82, 2.24) is 14.0 Å². The summed E-state index contributed by atoms with van der Waals surface area (Å²) in [5.74, 6) is -0.302. The third-order valence-electron chi connectivity index (χ3n) is 13.2. The number of carbonyl (C=O) groups is 1. The minimum atomic E-state index is -0.407. The molecule has 0 N–H and O–H groups in total. The molecule has 6 heteroatoms. The Morgan fingerprint density at radius 1 is 0.485 bits per heavy atom. The van der Waals surface area contributed by atoms with Crippen LogP contribution >= 0.6 is 0 Å². The lowest BCUT2D eigenvalue weighted by molar-refractivity contribution is -0.143. The van der Waals surface area contributed by atoms with E-state index in [0.29, 0.717) is 0 Å². The quantitative estimate of drug-likeness (QED) is 0.136. The fourth-order valence-electron chi connectivity index (χ4n) is 10.5. The number of aliphatic imine (C=N–C) groups is 1. The van der Waals surface area contributed by atoms with Gasteiger partial charge in [0.15, 0.2) is 0 Å². The highest BCUT2D eigenvalue weighted by atomic mass is 16.5. The van der Waals surface area contributed by atoms with Gasteiger partial charge in [-0.05, 0) is 71.7 Å². The van der Waals surface area contributed by atoms with Crippen molar-refractivity contribution in [3.63, 3.8) is 0 Å². The van der Waals surface area contributed by atoms with Crippen LogP contribution in [-0.4, -0.2) is 44.9 Å². The third kappa shape index (κ3) is 6.88. The van der Waals surface area contributed by atoms with Crippen molar-refractivity contribution in [3.8, 4) is 0 Å². The lowest BCUT2D eigenvalue weighted by Crippen LogP contribution is -2.40. The summed E-state index contributed by atoms with van der Waals surface area (Å²) in [6.07, 6.45) is 8.73. The number of benzene rings is 6. The summed E-state index contributed by atoms with van der Waals surface area (Å²) in [6.45, 7) is 2.15. The van der Waals surface area contributed by atoms with Crippen LogP contribution in [0.2, 0.25) is 0 Å². The smallest absolute Gasteiger partial charge is 0.325 e. The van der Waals surface area contributed by atoms with Crippen molar-refractivity contribution in [2.75, 3.05) is 13.2 Å². The lowest BCUT2D eigenvalue weighted by atomic mass is 9.96. The molecule has 0 radical (unpaired) electrons. The molecule has 0 amide bonds. The molecule has 0 fully saturated rings. The van der Waals surface area contributed by atoms with Crippen LogP contribution in [0.5, 0.6) is 0 Å². The van der Waals surface area contributed by atoms with Crippen LogP contribution < -0.4 is 10.7 Å². The van der Waals surface area contributed by atoms with E-state index in [9.17, 15) is 4.79 Å². The highest BCUT2D eigenvalue weighted by Gasteiger charge is 2.36. The molecule has 0 saturated carbocycles. The highest BCUT2D eigenvalue weighted by Crippen LogP contribution is 2.43. The number of hydrogen-bond donors (Lipinski definition) is 0. The van der Waals surface area contributed by atoms with Gasteiger partial charge >= 0.3 is 5.97 Å². The molecule has 326 valence electrons. The topological polar surface area (TPSA) is 51.8 Å². The van der Waals surface area contributed by atoms with E-state index >= 15 is 0 Å². The molecule has 68 heavy (non-hydrogen) atoms. The summed E-state index contributed by atoms with van der Waals surface area (Å²) in [7, 11) is 0. The van der Waals surface area contributed by atoms with Gasteiger partial charge in [0, 0.05) is 39.1 Å². The Morgan fingerprint density at radius 2 is 0.956 bits per heavy atom. The predicted molar refractivity (Wildman–Crippen MR) is 274 cm³/mol. The Kier molecular flexibility index (Phi) is 10.3. The average Bonchev–Trinajstić information content (AvgIpc) is 4.21. The van der Waals surface area contributed by atoms with Gasteiger partial charge in [-0.2, -0.15) is 0 Å². The molecule has 6 nitrogen and oxygen atoms in total. The van der Waals surface area contributed by atoms with Crippen LogP contribution in [0.15, 0.2) is 247 Å². The molecule has 4 aliphatic heterocycles. The van der Waals surface area contributed by atoms with Gasteiger partial charge in [0.2, 0.25) is 0 Å². The minimum absolute atomic E-state index is 0.0155. The number of esters is 1. The number of hydrogen-bond acceptors (Lipinski definition) is 4. The number of aromatic nitrogens is 2. The number of rotatable bonds is 9. The van der Waals surface area contributed by atoms with Gasteiger partial charge < -0.3 is 18.8 Å². The predicted octanol–water partition coefficient (Wildman–Crippen LogP) is 11.0. The summed E-state index contributed by atoms with van der Waals surface area (Å²) in [5.41, 5.74) is 17.0. The Hall–Kier alpha value is -8.74. The van der Waals surface area contributed by atoms with Crippen LogP contribution in [0.3, 0.4) is 0 Å². The van der Waals surface area contributed by atoms with Gasteiger partial charge in [-0.3, -0.25) is 4.79 Å². The van der Waals surface area contributed by atoms with Crippen molar-refractivity contribution in [2.45, 2.75) is 13.0 Å². The second-order valence-corrected chi connectivity index (χ2v) is 17.1.